The van der Waals surface area contributed by atoms with E-state index in [0.29, 0.717) is 34.5 Å². The third kappa shape index (κ3) is 5.60. The minimum atomic E-state index is -0.625. The number of amidine groups is 1. The number of aliphatic imine (C=N–C) groups is 1. The van der Waals surface area contributed by atoms with Crippen LogP contribution in [0.25, 0.3) is 0 Å². The van der Waals surface area contributed by atoms with Crippen LogP contribution < -0.4 is 15.4 Å². The molecule has 2 aromatic carbocycles. The Morgan fingerprint density at radius 1 is 1.17 bits per heavy atom. The summed E-state index contributed by atoms with van der Waals surface area (Å²) in [6, 6.07) is 13.4. The molecule has 0 saturated carbocycles. The molecule has 2 aromatic rings. The van der Waals surface area contributed by atoms with Crippen LogP contribution in [-0.2, 0) is 14.3 Å². The van der Waals surface area contributed by atoms with Crippen molar-refractivity contribution in [2.24, 2.45) is 4.99 Å². The number of benzene rings is 2. The van der Waals surface area contributed by atoms with E-state index in [2.05, 4.69) is 15.6 Å². The van der Waals surface area contributed by atoms with Crippen molar-refractivity contribution < 1.29 is 23.9 Å². The Morgan fingerprint density at radius 2 is 1.87 bits per heavy atom. The third-order valence-electron chi connectivity index (χ3n) is 4.13. The largest absolute Gasteiger partial charge is 0.497 e. The van der Waals surface area contributed by atoms with E-state index in [0.717, 1.165) is 0 Å². The number of hydrogen-bond donors (Lipinski definition) is 2. The maximum absolute atomic E-state index is 12.6. The molecule has 2 N–H and O–H groups in total. The van der Waals surface area contributed by atoms with Crippen molar-refractivity contribution in [1.82, 2.24) is 5.32 Å². The Labute approximate surface area is 178 Å². The molecule has 1 unspecified atom stereocenters. The topological polar surface area (TPSA) is 106 Å². The van der Waals surface area contributed by atoms with Gasteiger partial charge in [0.1, 0.15) is 11.0 Å². The minimum Gasteiger partial charge on any atom is -0.497 e. The Kier molecular flexibility index (Phi) is 7.08. The van der Waals surface area contributed by atoms with Gasteiger partial charge in [0.05, 0.1) is 25.0 Å². The summed E-state index contributed by atoms with van der Waals surface area (Å²) in [5.74, 6) is -0.320. The van der Waals surface area contributed by atoms with E-state index in [1.165, 1.54) is 11.8 Å². The highest BCUT2D eigenvalue weighted by molar-refractivity contribution is 8.15. The summed E-state index contributed by atoms with van der Waals surface area (Å²) < 4.78 is 10.0. The molecule has 156 valence electrons. The van der Waals surface area contributed by atoms with Crippen LogP contribution in [0.2, 0.25) is 0 Å². The summed E-state index contributed by atoms with van der Waals surface area (Å²) in [5.41, 5.74) is 1.55. The van der Waals surface area contributed by atoms with E-state index in [4.69, 9.17) is 9.47 Å². The zero-order valence-corrected chi connectivity index (χ0v) is 17.3. The lowest BCUT2D eigenvalue weighted by Crippen LogP contribution is -2.41. The first-order valence-corrected chi connectivity index (χ1v) is 10.1. The Bertz CT molecular complexity index is 958. The average Bonchev–Trinajstić information content (AvgIpc) is 2.74. The van der Waals surface area contributed by atoms with Gasteiger partial charge in [0, 0.05) is 12.1 Å². The minimum absolute atomic E-state index is 0.0407. The van der Waals surface area contributed by atoms with Crippen LogP contribution in [0.4, 0.5) is 11.4 Å². The number of anilines is 1. The molecule has 1 atom stereocenters. The van der Waals surface area contributed by atoms with Gasteiger partial charge >= 0.3 is 5.97 Å². The number of nitrogens with zero attached hydrogens (tertiary/aromatic N) is 1. The van der Waals surface area contributed by atoms with Gasteiger partial charge < -0.3 is 20.1 Å². The van der Waals surface area contributed by atoms with Crippen molar-refractivity contribution in [3.8, 4) is 5.75 Å². The first kappa shape index (κ1) is 21.4. The highest BCUT2D eigenvalue weighted by Crippen LogP contribution is 2.26. The number of carbonyl (C=O) groups excluding carboxylic acids is 3. The van der Waals surface area contributed by atoms with Gasteiger partial charge in [0.15, 0.2) is 5.17 Å². The molecule has 0 bridgehead atoms. The van der Waals surface area contributed by atoms with E-state index >= 15 is 0 Å². The molecule has 9 heteroatoms. The van der Waals surface area contributed by atoms with Crippen molar-refractivity contribution in [2.75, 3.05) is 19.0 Å². The van der Waals surface area contributed by atoms with E-state index in [1.807, 2.05) is 0 Å². The van der Waals surface area contributed by atoms with Gasteiger partial charge in [-0.3, -0.25) is 9.59 Å². The molecule has 1 aliphatic rings. The molecular weight excluding hydrogens is 406 g/mol. The van der Waals surface area contributed by atoms with Crippen LogP contribution in [0.3, 0.4) is 0 Å². The lowest BCUT2D eigenvalue weighted by atomic mass is 10.2. The van der Waals surface area contributed by atoms with Crippen LogP contribution in [0.5, 0.6) is 5.75 Å². The van der Waals surface area contributed by atoms with Crippen LogP contribution in [0.15, 0.2) is 53.5 Å². The second kappa shape index (κ2) is 9.93. The maximum Gasteiger partial charge on any atom is 0.338 e. The summed E-state index contributed by atoms with van der Waals surface area (Å²) in [4.78, 5) is 40.8. The number of nitrogens with one attached hydrogen (secondary N) is 2. The van der Waals surface area contributed by atoms with E-state index < -0.39 is 11.2 Å². The molecule has 1 saturated heterocycles. The fraction of sp³-hybridized carbons (Fsp3) is 0.238. The fourth-order valence-electron chi connectivity index (χ4n) is 2.65. The van der Waals surface area contributed by atoms with Gasteiger partial charge in [-0.2, -0.15) is 0 Å². The molecule has 8 nitrogen and oxygen atoms in total. The van der Waals surface area contributed by atoms with Gasteiger partial charge in [-0.05, 0) is 55.5 Å². The molecule has 1 heterocycles. The fourth-order valence-corrected chi connectivity index (χ4v) is 3.65. The SMILES string of the molecule is CCOC(=O)c1ccc(NC(=O)C2CC(=O)NC(=Nc3ccc(OC)cc3)S2)cc1. The van der Waals surface area contributed by atoms with Crippen LogP contribution >= 0.6 is 11.8 Å². The maximum atomic E-state index is 12.6. The molecular formula is C21H21N3O5S. The zero-order valence-electron chi connectivity index (χ0n) is 16.5. The van der Waals surface area contributed by atoms with Crippen LogP contribution in [0.1, 0.15) is 23.7 Å². The molecule has 0 aliphatic carbocycles. The number of methoxy groups -OCH3 is 1. The molecule has 1 aliphatic heterocycles. The number of amides is 2. The lowest BCUT2D eigenvalue weighted by Gasteiger charge is -2.22. The van der Waals surface area contributed by atoms with Gasteiger partial charge in [0.2, 0.25) is 11.8 Å². The second-order valence-electron chi connectivity index (χ2n) is 6.26. The first-order chi connectivity index (χ1) is 14.5. The van der Waals surface area contributed by atoms with Crippen molar-refractivity contribution >= 4 is 46.1 Å². The van der Waals surface area contributed by atoms with Gasteiger partial charge in [0.25, 0.3) is 0 Å². The number of ether oxygens (including phenoxy) is 2. The van der Waals surface area contributed by atoms with E-state index in [1.54, 1.807) is 62.6 Å². The van der Waals surface area contributed by atoms with Gasteiger partial charge in [-0.25, -0.2) is 9.79 Å². The average molecular weight is 427 g/mol. The Balaban J connectivity index is 1.65. The third-order valence-corrected chi connectivity index (χ3v) is 5.21. The summed E-state index contributed by atoms with van der Waals surface area (Å²) in [5, 5.41) is 5.18. The normalized spacial score (nSPS) is 17.2. The quantitative estimate of drug-likeness (QED) is 0.686. The first-order valence-electron chi connectivity index (χ1n) is 9.25. The van der Waals surface area contributed by atoms with Crippen molar-refractivity contribution in [3.63, 3.8) is 0 Å². The molecule has 30 heavy (non-hydrogen) atoms. The molecule has 0 aromatic heterocycles. The predicted octanol–water partition coefficient (Wildman–Crippen LogP) is 3.12. The zero-order chi connectivity index (χ0) is 21.5. The smallest absolute Gasteiger partial charge is 0.338 e. The summed E-state index contributed by atoms with van der Waals surface area (Å²) in [6.07, 6.45) is 0.0407. The Morgan fingerprint density at radius 3 is 2.50 bits per heavy atom. The monoisotopic (exact) mass is 427 g/mol. The lowest BCUT2D eigenvalue weighted by molar-refractivity contribution is -0.123. The van der Waals surface area contributed by atoms with Crippen LogP contribution in [0, 0.1) is 0 Å². The van der Waals surface area contributed by atoms with Crippen molar-refractivity contribution in [1.29, 1.82) is 0 Å². The van der Waals surface area contributed by atoms with Crippen LogP contribution in [-0.4, -0.2) is 41.9 Å². The summed E-state index contributed by atoms with van der Waals surface area (Å²) >= 11 is 1.18. The predicted molar refractivity (Wildman–Crippen MR) is 115 cm³/mol. The molecule has 0 spiro atoms. The highest BCUT2D eigenvalue weighted by atomic mass is 32.2. The van der Waals surface area contributed by atoms with Gasteiger partial charge in [-0.15, -0.1) is 0 Å². The molecule has 3 rings (SSSR count). The number of esters is 1. The second-order valence-corrected chi connectivity index (χ2v) is 7.45. The number of thioether (sulfide) groups is 1. The number of rotatable bonds is 6. The van der Waals surface area contributed by atoms with Crippen molar-refractivity contribution in [2.45, 2.75) is 18.6 Å². The van der Waals surface area contributed by atoms with E-state index in [-0.39, 0.29) is 18.2 Å². The number of hydrogen-bond acceptors (Lipinski definition) is 7. The molecule has 0 radical (unpaired) electrons. The number of carbonyl (C=O) groups is 3. The summed E-state index contributed by atoms with van der Waals surface area (Å²) in [6.45, 7) is 2.02. The highest BCUT2D eigenvalue weighted by Gasteiger charge is 2.30. The Hall–Kier alpha value is -3.33. The molecule has 2 amide bonds. The summed E-state index contributed by atoms with van der Waals surface area (Å²) in [7, 11) is 1.58. The van der Waals surface area contributed by atoms with Gasteiger partial charge in [-0.1, -0.05) is 11.8 Å². The van der Waals surface area contributed by atoms with E-state index in [9.17, 15) is 14.4 Å². The standard InChI is InChI=1S/C21H21N3O5S/c1-3-29-20(27)13-4-6-14(7-5-13)22-19(26)17-12-18(25)24-21(30-17)23-15-8-10-16(28-2)11-9-15/h4-11,17H,3,12H2,1-2H3,(H,22,26)(H,23,24,25). The van der Waals surface area contributed by atoms with Crippen molar-refractivity contribution in [3.05, 3.63) is 54.1 Å². The molecule has 1 fully saturated rings.